The Morgan fingerprint density at radius 1 is 0.615 bits per heavy atom. The van der Waals surface area contributed by atoms with Gasteiger partial charge in [0.1, 0.15) is 0 Å². The van der Waals surface area contributed by atoms with Crippen LogP contribution >= 0.6 is 0 Å². The molecule has 0 saturated heterocycles. The number of fused-ring (bicyclic) bond motifs is 2. The Balaban J connectivity index is 1.71. The highest BCUT2D eigenvalue weighted by Crippen LogP contribution is 2.44. The summed E-state index contributed by atoms with van der Waals surface area (Å²) in [6.45, 7) is 11.2. The third-order valence-electron chi connectivity index (χ3n) is 6.07. The monoisotopic (exact) mass is 340 g/mol. The molecule has 0 fully saturated rings. The molecule has 2 aromatic carbocycles. The smallest absolute Gasteiger partial charge is 0.0173 e. The Labute approximate surface area is 158 Å². The Morgan fingerprint density at radius 3 is 1.35 bits per heavy atom. The summed E-state index contributed by atoms with van der Waals surface area (Å²) in [5, 5.41) is 0. The van der Waals surface area contributed by atoms with Gasteiger partial charge >= 0.3 is 0 Å². The van der Waals surface area contributed by atoms with E-state index in [0.717, 1.165) is 0 Å². The average Bonchev–Trinajstić information content (AvgIpc) is 3.25. The minimum Gasteiger partial charge on any atom is -0.0653 e. The molecule has 0 saturated carbocycles. The van der Waals surface area contributed by atoms with Crippen LogP contribution in [0.4, 0.5) is 0 Å². The van der Waals surface area contributed by atoms with E-state index < -0.39 is 0 Å². The Kier molecular flexibility index (Phi) is 4.39. The maximum atomic E-state index is 2.44. The Bertz CT molecular complexity index is 861. The summed E-state index contributed by atoms with van der Waals surface area (Å²) in [4.78, 5) is 0. The molecule has 26 heavy (non-hydrogen) atoms. The SMILES string of the molecule is CCCC(C1=Cc2c(C)ccc(C)c2[CH]1)C1=Cc2c(C)ccc(C)c2[CH]1. The molecule has 2 radical (unpaired) electrons. The maximum Gasteiger partial charge on any atom is 0.0173 e. The summed E-state index contributed by atoms with van der Waals surface area (Å²) in [5.41, 5.74) is 14.2. The minimum absolute atomic E-state index is 0.484. The van der Waals surface area contributed by atoms with E-state index in [2.05, 4.69) is 83.9 Å². The third-order valence-corrected chi connectivity index (χ3v) is 6.07. The van der Waals surface area contributed by atoms with Crippen molar-refractivity contribution >= 4 is 12.2 Å². The van der Waals surface area contributed by atoms with Gasteiger partial charge in [-0.25, -0.2) is 0 Å². The number of benzene rings is 2. The third kappa shape index (κ3) is 2.76. The van der Waals surface area contributed by atoms with Crippen LogP contribution in [0.1, 0.15) is 64.3 Å². The van der Waals surface area contributed by atoms with Crippen LogP contribution in [0.3, 0.4) is 0 Å². The molecule has 2 aliphatic rings. The molecule has 0 nitrogen and oxygen atoms in total. The summed E-state index contributed by atoms with van der Waals surface area (Å²) in [7, 11) is 0. The number of hydrogen-bond acceptors (Lipinski definition) is 0. The molecule has 0 unspecified atom stereocenters. The first-order valence-corrected chi connectivity index (χ1v) is 9.82. The van der Waals surface area contributed by atoms with E-state index in [4.69, 9.17) is 0 Å². The van der Waals surface area contributed by atoms with Crippen LogP contribution in [0.2, 0.25) is 0 Å². The maximum absolute atomic E-state index is 2.44. The molecule has 0 aromatic heterocycles. The van der Waals surface area contributed by atoms with E-state index in [-0.39, 0.29) is 0 Å². The first-order chi connectivity index (χ1) is 12.5. The van der Waals surface area contributed by atoms with Crippen LogP contribution in [0, 0.1) is 46.5 Å². The minimum atomic E-state index is 0.484. The summed E-state index contributed by atoms with van der Waals surface area (Å²) >= 11 is 0. The van der Waals surface area contributed by atoms with Crippen LogP contribution in [0.25, 0.3) is 12.2 Å². The van der Waals surface area contributed by atoms with E-state index >= 15 is 0 Å². The molecule has 0 heteroatoms. The second kappa shape index (κ2) is 6.58. The molecule has 0 aliphatic heterocycles. The molecule has 0 heterocycles. The highest BCUT2D eigenvalue weighted by atomic mass is 14.3. The van der Waals surface area contributed by atoms with Gasteiger partial charge in [-0.05, 0) is 78.6 Å². The lowest BCUT2D eigenvalue weighted by atomic mass is 9.84. The fourth-order valence-corrected chi connectivity index (χ4v) is 4.44. The van der Waals surface area contributed by atoms with Crippen molar-refractivity contribution in [2.45, 2.75) is 47.5 Å². The lowest BCUT2D eigenvalue weighted by molar-refractivity contribution is 0.646. The molecule has 132 valence electrons. The zero-order valence-corrected chi connectivity index (χ0v) is 16.6. The van der Waals surface area contributed by atoms with Gasteiger partial charge in [-0.1, -0.05) is 60.9 Å². The molecule has 0 spiro atoms. The van der Waals surface area contributed by atoms with Gasteiger partial charge < -0.3 is 0 Å². The van der Waals surface area contributed by atoms with Crippen LogP contribution in [-0.4, -0.2) is 0 Å². The highest BCUT2D eigenvalue weighted by Gasteiger charge is 2.28. The Hall–Kier alpha value is -2.08. The van der Waals surface area contributed by atoms with Gasteiger partial charge in [0, 0.05) is 18.8 Å². The predicted molar refractivity (Wildman–Crippen MR) is 113 cm³/mol. The summed E-state index contributed by atoms with van der Waals surface area (Å²) in [6.07, 6.45) is 12.2. The average molecular weight is 341 g/mol. The summed E-state index contributed by atoms with van der Waals surface area (Å²) < 4.78 is 0. The normalized spacial score (nSPS) is 15.2. The topological polar surface area (TPSA) is 0 Å². The zero-order chi connectivity index (χ0) is 18.4. The quantitative estimate of drug-likeness (QED) is 0.566. The first-order valence-electron chi connectivity index (χ1n) is 9.82. The molecule has 0 bridgehead atoms. The molecule has 4 rings (SSSR count). The lowest BCUT2D eigenvalue weighted by Crippen LogP contribution is -2.07. The van der Waals surface area contributed by atoms with Crippen LogP contribution < -0.4 is 0 Å². The van der Waals surface area contributed by atoms with Gasteiger partial charge in [-0.3, -0.25) is 0 Å². The highest BCUT2D eigenvalue weighted by molar-refractivity contribution is 5.78. The van der Waals surface area contributed by atoms with E-state index in [0.29, 0.717) is 5.92 Å². The van der Waals surface area contributed by atoms with Crippen molar-refractivity contribution in [3.05, 3.63) is 92.8 Å². The first kappa shape index (κ1) is 17.3. The number of aryl methyl sites for hydroxylation is 4. The standard InChI is InChI=1S/C26H28/c1-6-7-22(20-12-23-16(2)8-9-17(3)24(23)13-20)21-14-25-18(4)10-11-19(5)26(25)15-21/h8-15,22H,6-7H2,1-5H3. The van der Waals surface area contributed by atoms with E-state index in [9.17, 15) is 0 Å². The number of allylic oxidation sites excluding steroid dienone is 2. The van der Waals surface area contributed by atoms with Crippen molar-refractivity contribution in [3.8, 4) is 0 Å². The molecule has 0 amide bonds. The molecule has 0 N–H and O–H groups in total. The van der Waals surface area contributed by atoms with Crippen molar-refractivity contribution in [2.75, 3.05) is 0 Å². The van der Waals surface area contributed by atoms with Gasteiger partial charge in [0.2, 0.25) is 0 Å². The Morgan fingerprint density at radius 2 is 1.00 bits per heavy atom. The summed E-state index contributed by atoms with van der Waals surface area (Å²) in [6, 6.07) is 9.00. The number of hydrogen-bond donors (Lipinski definition) is 0. The summed E-state index contributed by atoms with van der Waals surface area (Å²) in [5.74, 6) is 0.484. The van der Waals surface area contributed by atoms with Gasteiger partial charge in [-0.15, -0.1) is 0 Å². The molecule has 0 atom stereocenters. The van der Waals surface area contributed by atoms with Crippen molar-refractivity contribution in [2.24, 2.45) is 5.92 Å². The molecular formula is C26H28. The van der Waals surface area contributed by atoms with Crippen molar-refractivity contribution in [1.82, 2.24) is 0 Å². The second-order valence-corrected chi connectivity index (χ2v) is 7.97. The lowest BCUT2D eigenvalue weighted by Gasteiger charge is -2.19. The van der Waals surface area contributed by atoms with Crippen molar-refractivity contribution in [3.63, 3.8) is 0 Å². The van der Waals surface area contributed by atoms with E-state index in [1.807, 2.05) is 0 Å². The van der Waals surface area contributed by atoms with Crippen molar-refractivity contribution in [1.29, 1.82) is 0 Å². The van der Waals surface area contributed by atoms with Crippen LogP contribution in [-0.2, 0) is 0 Å². The zero-order valence-electron chi connectivity index (χ0n) is 16.6. The van der Waals surface area contributed by atoms with Gasteiger partial charge in [0.15, 0.2) is 0 Å². The van der Waals surface area contributed by atoms with E-state index in [1.54, 1.807) is 0 Å². The van der Waals surface area contributed by atoms with E-state index in [1.165, 1.54) is 68.5 Å². The van der Waals surface area contributed by atoms with Crippen LogP contribution in [0.15, 0.2) is 35.4 Å². The second-order valence-electron chi connectivity index (χ2n) is 7.97. The number of rotatable bonds is 4. The molecule has 2 aromatic rings. The van der Waals surface area contributed by atoms with Gasteiger partial charge in [0.05, 0.1) is 0 Å². The molecular weight excluding hydrogens is 312 g/mol. The van der Waals surface area contributed by atoms with Crippen molar-refractivity contribution < 1.29 is 0 Å². The molecule has 2 aliphatic carbocycles. The fraction of sp³-hybridized carbons (Fsp3) is 0.308. The fourth-order valence-electron chi connectivity index (χ4n) is 4.44. The largest absolute Gasteiger partial charge is 0.0653 e. The van der Waals surface area contributed by atoms with Crippen LogP contribution in [0.5, 0.6) is 0 Å². The van der Waals surface area contributed by atoms with Gasteiger partial charge in [-0.2, -0.15) is 0 Å². The predicted octanol–water partition coefficient (Wildman–Crippen LogP) is 6.94. The van der Waals surface area contributed by atoms with Gasteiger partial charge in [0.25, 0.3) is 0 Å².